The largest absolute Gasteiger partial charge is 0.349 e. The maximum absolute atomic E-state index is 12.1. The maximum atomic E-state index is 12.1. The Hall–Kier alpha value is -1.07. The fourth-order valence-corrected chi connectivity index (χ4v) is 2.43. The molecule has 1 aliphatic heterocycles. The number of carbonyl (C=O) groups is 1. The number of carbonyl (C=O) groups excluding carboxylic acids is 1. The first-order valence-electron chi connectivity index (χ1n) is 6.59. The summed E-state index contributed by atoms with van der Waals surface area (Å²) in [5.74, 6) is 0.260. The zero-order chi connectivity index (χ0) is 13.1. The lowest BCUT2D eigenvalue weighted by Gasteiger charge is -2.24. The molecule has 6 heteroatoms. The molecule has 0 spiro atoms. The van der Waals surface area contributed by atoms with Crippen LogP contribution in [0.3, 0.4) is 0 Å². The fraction of sp³-hybridized carbons (Fsp3) is 0.692. The highest BCUT2D eigenvalue weighted by atomic mass is 35.5. The molecule has 19 heavy (non-hydrogen) atoms. The molecule has 1 aromatic rings. The second-order valence-electron chi connectivity index (χ2n) is 5.08. The van der Waals surface area contributed by atoms with Gasteiger partial charge in [-0.15, -0.1) is 12.4 Å². The SMILES string of the molecule is Cc1c(C(C)NC(=O)[C@@H]2CCCNC2)cnn1C.Cl. The Labute approximate surface area is 120 Å². The van der Waals surface area contributed by atoms with Crippen molar-refractivity contribution in [1.82, 2.24) is 20.4 Å². The van der Waals surface area contributed by atoms with E-state index < -0.39 is 0 Å². The van der Waals surface area contributed by atoms with E-state index >= 15 is 0 Å². The van der Waals surface area contributed by atoms with Gasteiger partial charge in [0.15, 0.2) is 0 Å². The lowest BCUT2D eigenvalue weighted by Crippen LogP contribution is -2.41. The van der Waals surface area contributed by atoms with E-state index in [9.17, 15) is 4.79 Å². The van der Waals surface area contributed by atoms with Crippen LogP contribution in [-0.4, -0.2) is 28.8 Å². The third kappa shape index (κ3) is 3.70. The van der Waals surface area contributed by atoms with Crippen molar-refractivity contribution < 1.29 is 4.79 Å². The molecule has 108 valence electrons. The first-order valence-corrected chi connectivity index (χ1v) is 6.59. The quantitative estimate of drug-likeness (QED) is 0.881. The van der Waals surface area contributed by atoms with Crippen molar-refractivity contribution in [3.63, 3.8) is 0 Å². The van der Waals surface area contributed by atoms with Crippen molar-refractivity contribution in [3.8, 4) is 0 Å². The highest BCUT2D eigenvalue weighted by molar-refractivity contribution is 5.85. The van der Waals surface area contributed by atoms with E-state index in [1.807, 2.05) is 31.8 Å². The van der Waals surface area contributed by atoms with Crippen LogP contribution in [-0.2, 0) is 11.8 Å². The molecule has 0 aliphatic carbocycles. The first kappa shape index (κ1) is 16.0. The Morgan fingerprint density at radius 3 is 2.89 bits per heavy atom. The number of nitrogens with one attached hydrogen (secondary N) is 2. The molecule has 2 N–H and O–H groups in total. The van der Waals surface area contributed by atoms with Gasteiger partial charge in [0.1, 0.15) is 0 Å². The van der Waals surface area contributed by atoms with E-state index in [0.717, 1.165) is 37.2 Å². The summed E-state index contributed by atoms with van der Waals surface area (Å²) in [6.07, 6.45) is 3.90. The molecule has 2 rings (SSSR count). The Morgan fingerprint density at radius 2 is 2.37 bits per heavy atom. The highest BCUT2D eigenvalue weighted by Gasteiger charge is 2.23. The fourth-order valence-electron chi connectivity index (χ4n) is 2.43. The summed E-state index contributed by atoms with van der Waals surface area (Å²) in [6.45, 7) is 5.86. The number of hydrogen-bond donors (Lipinski definition) is 2. The van der Waals surface area contributed by atoms with Crippen molar-refractivity contribution in [3.05, 3.63) is 17.5 Å². The van der Waals surface area contributed by atoms with Crippen LogP contribution in [0.2, 0.25) is 0 Å². The molecule has 0 radical (unpaired) electrons. The van der Waals surface area contributed by atoms with Crippen LogP contribution in [0, 0.1) is 12.8 Å². The van der Waals surface area contributed by atoms with Gasteiger partial charge in [-0.2, -0.15) is 5.10 Å². The summed E-state index contributed by atoms with van der Waals surface area (Å²) in [4.78, 5) is 12.1. The number of aromatic nitrogens is 2. The zero-order valence-corrected chi connectivity index (χ0v) is 12.6. The minimum absolute atomic E-state index is 0. The van der Waals surface area contributed by atoms with Gasteiger partial charge >= 0.3 is 0 Å². The number of piperidine rings is 1. The van der Waals surface area contributed by atoms with Crippen LogP contribution < -0.4 is 10.6 Å². The van der Waals surface area contributed by atoms with Crippen LogP contribution in [0.25, 0.3) is 0 Å². The van der Waals surface area contributed by atoms with Crippen LogP contribution >= 0.6 is 12.4 Å². The highest BCUT2D eigenvalue weighted by Crippen LogP contribution is 2.18. The third-order valence-corrected chi connectivity index (χ3v) is 3.77. The third-order valence-electron chi connectivity index (χ3n) is 3.77. The van der Waals surface area contributed by atoms with E-state index in [0.29, 0.717) is 0 Å². The predicted molar refractivity (Wildman–Crippen MR) is 77.3 cm³/mol. The van der Waals surface area contributed by atoms with Crippen molar-refractivity contribution in [2.24, 2.45) is 13.0 Å². The zero-order valence-electron chi connectivity index (χ0n) is 11.8. The van der Waals surface area contributed by atoms with Crippen LogP contribution in [0.1, 0.15) is 37.1 Å². The molecule has 1 fully saturated rings. The molecule has 5 nitrogen and oxygen atoms in total. The van der Waals surface area contributed by atoms with E-state index in [2.05, 4.69) is 15.7 Å². The Bertz CT molecular complexity index is 426. The predicted octanol–water partition coefficient (Wildman–Crippen LogP) is 1.33. The maximum Gasteiger partial charge on any atom is 0.224 e. The minimum Gasteiger partial charge on any atom is -0.349 e. The number of rotatable bonds is 3. The van der Waals surface area contributed by atoms with Gasteiger partial charge in [-0.25, -0.2) is 0 Å². The average molecular weight is 287 g/mol. The standard InChI is InChI=1S/C13H22N4O.ClH/c1-9(12-8-15-17(3)10(12)2)16-13(18)11-5-4-6-14-7-11;/h8-9,11,14H,4-7H2,1-3H3,(H,16,18);1H/t9?,11-;/m1./s1. The normalized spacial score (nSPS) is 20.5. The van der Waals surface area contributed by atoms with Crippen LogP contribution in [0.15, 0.2) is 6.20 Å². The first-order chi connectivity index (χ1) is 8.59. The van der Waals surface area contributed by atoms with Gasteiger partial charge in [-0.05, 0) is 33.2 Å². The van der Waals surface area contributed by atoms with Crippen molar-refractivity contribution in [1.29, 1.82) is 0 Å². The van der Waals surface area contributed by atoms with Gasteiger partial charge in [0.05, 0.1) is 18.2 Å². The molecule has 1 saturated heterocycles. The van der Waals surface area contributed by atoms with E-state index in [-0.39, 0.29) is 30.3 Å². The van der Waals surface area contributed by atoms with E-state index in [1.54, 1.807) is 0 Å². The molecule has 2 atom stereocenters. The number of nitrogens with zero attached hydrogens (tertiary/aromatic N) is 2. The van der Waals surface area contributed by atoms with Gasteiger partial charge in [0, 0.05) is 24.8 Å². The molecule has 0 saturated carbocycles. The van der Waals surface area contributed by atoms with Crippen molar-refractivity contribution >= 4 is 18.3 Å². The monoisotopic (exact) mass is 286 g/mol. The average Bonchev–Trinajstić information content (AvgIpc) is 2.71. The topological polar surface area (TPSA) is 59.0 Å². The second kappa shape index (κ2) is 6.91. The lowest BCUT2D eigenvalue weighted by molar-refractivity contribution is -0.126. The lowest BCUT2D eigenvalue weighted by atomic mass is 9.98. The van der Waals surface area contributed by atoms with Crippen molar-refractivity contribution in [2.45, 2.75) is 32.7 Å². The summed E-state index contributed by atoms with van der Waals surface area (Å²) in [5, 5.41) is 10.6. The Kier molecular flexibility index (Phi) is 5.82. The van der Waals surface area contributed by atoms with Gasteiger partial charge in [-0.1, -0.05) is 0 Å². The number of halogens is 1. The Balaban J connectivity index is 0.00000180. The summed E-state index contributed by atoms with van der Waals surface area (Å²) >= 11 is 0. The second-order valence-corrected chi connectivity index (χ2v) is 5.08. The summed E-state index contributed by atoms with van der Waals surface area (Å²) in [7, 11) is 1.92. The smallest absolute Gasteiger partial charge is 0.224 e. The van der Waals surface area contributed by atoms with E-state index in [1.165, 1.54) is 0 Å². The molecule has 0 bridgehead atoms. The molecule has 1 unspecified atom stereocenters. The van der Waals surface area contributed by atoms with Gasteiger partial charge < -0.3 is 10.6 Å². The van der Waals surface area contributed by atoms with Gasteiger partial charge in [-0.3, -0.25) is 9.48 Å². The summed E-state index contributed by atoms with van der Waals surface area (Å²) < 4.78 is 1.83. The molecular formula is C13H23ClN4O. The number of amides is 1. The summed E-state index contributed by atoms with van der Waals surface area (Å²) in [6, 6.07) is 0.0214. The minimum atomic E-state index is 0. The van der Waals surface area contributed by atoms with Crippen LogP contribution in [0.5, 0.6) is 0 Å². The van der Waals surface area contributed by atoms with Crippen molar-refractivity contribution in [2.75, 3.05) is 13.1 Å². The van der Waals surface area contributed by atoms with Crippen LogP contribution in [0.4, 0.5) is 0 Å². The Morgan fingerprint density at radius 1 is 1.63 bits per heavy atom. The van der Waals surface area contributed by atoms with E-state index in [4.69, 9.17) is 0 Å². The molecular weight excluding hydrogens is 264 g/mol. The molecule has 1 aliphatic rings. The molecule has 1 aromatic heterocycles. The number of aryl methyl sites for hydroxylation is 1. The van der Waals surface area contributed by atoms with Gasteiger partial charge in [0.25, 0.3) is 0 Å². The molecule has 0 aromatic carbocycles. The summed E-state index contributed by atoms with van der Waals surface area (Å²) in [5.41, 5.74) is 2.19. The molecule has 2 heterocycles. The van der Waals surface area contributed by atoms with Gasteiger partial charge in [0.2, 0.25) is 5.91 Å². The number of hydrogen-bond acceptors (Lipinski definition) is 3. The molecule has 1 amide bonds.